The third kappa shape index (κ3) is 2.79. The average molecular weight is 413 g/mol. The van der Waals surface area contributed by atoms with Crippen LogP contribution in [0.2, 0.25) is 0 Å². The van der Waals surface area contributed by atoms with Gasteiger partial charge >= 0.3 is 0 Å². The van der Waals surface area contributed by atoms with Crippen molar-refractivity contribution in [3.8, 4) is 17.3 Å². The molecule has 0 amide bonds. The minimum absolute atomic E-state index is 0.0225. The van der Waals surface area contributed by atoms with Crippen LogP contribution in [0.4, 0.5) is 0 Å². The number of benzene rings is 1. The number of carbonyl (C=O) groups is 1. The largest absolute Gasteiger partial charge is 0.394 e. The molecule has 0 fully saturated rings. The normalized spacial score (nSPS) is 24.8. The Morgan fingerprint density at radius 1 is 1.35 bits per heavy atom. The number of aliphatic hydroxyl groups is 1. The number of ketones is 1. The molecule has 0 aliphatic heterocycles. The second-order valence-electron chi connectivity index (χ2n) is 8.34. The Kier molecular flexibility index (Phi) is 4.60. The van der Waals surface area contributed by atoms with Gasteiger partial charge < -0.3 is 5.11 Å². The fraction of sp³-hybridized carbons (Fsp3) is 0.333. The van der Waals surface area contributed by atoms with E-state index in [4.69, 9.17) is 5.10 Å². The number of aliphatic hydroxyl groups excluding tert-OH is 1. The van der Waals surface area contributed by atoms with Crippen molar-refractivity contribution in [1.29, 1.82) is 5.26 Å². The summed E-state index contributed by atoms with van der Waals surface area (Å²) < 4.78 is 1.70. The molecule has 0 saturated heterocycles. The van der Waals surface area contributed by atoms with Gasteiger partial charge in [-0.05, 0) is 30.4 Å². The highest BCUT2D eigenvalue weighted by Crippen LogP contribution is 2.54. The molecular weight excluding hydrogens is 390 g/mol. The van der Waals surface area contributed by atoms with Gasteiger partial charge in [-0.1, -0.05) is 37.3 Å². The van der Waals surface area contributed by atoms with Crippen LogP contribution in [-0.2, 0) is 23.2 Å². The van der Waals surface area contributed by atoms with Crippen molar-refractivity contribution in [2.24, 2.45) is 11.8 Å². The number of aromatic nitrogens is 4. The predicted molar refractivity (Wildman–Crippen MR) is 114 cm³/mol. The molecule has 3 atom stereocenters. The molecule has 0 bridgehead atoms. The number of H-pyrrole nitrogens is 1. The fourth-order valence-electron chi connectivity index (χ4n) is 5.39. The number of nitriles is 1. The van der Waals surface area contributed by atoms with Crippen molar-refractivity contribution in [1.82, 2.24) is 20.0 Å². The van der Waals surface area contributed by atoms with Gasteiger partial charge in [-0.2, -0.15) is 15.5 Å². The van der Waals surface area contributed by atoms with E-state index in [0.717, 1.165) is 40.9 Å². The zero-order valence-corrected chi connectivity index (χ0v) is 17.2. The van der Waals surface area contributed by atoms with E-state index in [1.54, 1.807) is 10.9 Å². The smallest absolute Gasteiger partial charge is 0.176 e. The van der Waals surface area contributed by atoms with Crippen LogP contribution in [-0.4, -0.2) is 37.5 Å². The van der Waals surface area contributed by atoms with Gasteiger partial charge in [0.15, 0.2) is 5.78 Å². The van der Waals surface area contributed by atoms with Crippen LogP contribution in [0.1, 0.15) is 30.2 Å². The van der Waals surface area contributed by atoms with Crippen molar-refractivity contribution in [2.45, 2.75) is 31.7 Å². The highest BCUT2D eigenvalue weighted by molar-refractivity contribution is 6.02. The summed E-state index contributed by atoms with van der Waals surface area (Å²) in [5.74, 6) is -0.315. The summed E-state index contributed by atoms with van der Waals surface area (Å²) in [6, 6.07) is 12.2. The molecule has 2 aliphatic rings. The first kappa shape index (κ1) is 19.5. The third-order valence-corrected chi connectivity index (χ3v) is 6.83. The number of nitrogens with one attached hydrogen (secondary N) is 1. The highest BCUT2D eigenvalue weighted by Gasteiger charge is 2.53. The van der Waals surface area contributed by atoms with Crippen molar-refractivity contribution in [2.75, 3.05) is 6.61 Å². The zero-order valence-electron chi connectivity index (χ0n) is 17.2. The quantitative estimate of drug-likeness (QED) is 0.684. The summed E-state index contributed by atoms with van der Waals surface area (Å²) >= 11 is 0. The van der Waals surface area contributed by atoms with Gasteiger partial charge in [-0.3, -0.25) is 14.6 Å². The second kappa shape index (κ2) is 7.33. The molecule has 3 aromatic rings. The molecule has 7 nitrogen and oxygen atoms in total. The summed E-state index contributed by atoms with van der Waals surface area (Å²) in [6.45, 7) is 2.39. The van der Waals surface area contributed by atoms with Gasteiger partial charge in [0, 0.05) is 23.2 Å². The molecule has 156 valence electrons. The molecule has 31 heavy (non-hydrogen) atoms. The van der Waals surface area contributed by atoms with Crippen molar-refractivity contribution in [3.05, 3.63) is 71.2 Å². The van der Waals surface area contributed by atoms with E-state index >= 15 is 0 Å². The Morgan fingerprint density at radius 3 is 2.90 bits per heavy atom. The first-order valence-corrected chi connectivity index (χ1v) is 10.5. The van der Waals surface area contributed by atoms with Gasteiger partial charge in [0.2, 0.25) is 0 Å². The van der Waals surface area contributed by atoms with Gasteiger partial charge in [0.1, 0.15) is 6.07 Å². The lowest BCUT2D eigenvalue weighted by molar-refractivity contribution is -0.121. The van der Waals surface area contributed by atoms with Crippen LogP contribution in [0.3, 0.4) is 0 Å². The average Bonchev–Trinajstić information content (AvgIpc) is 3.44. The predicted octanol–water partition coefficient (Wildman–Crippen LogP) is 2.78. The number of carbonyl (C=O) groups excluding carboxylic acids is 1. The Balaban J connectivity index is 1.74. The number of hydrogen-bond donors (Lipinski definition) is 2. The maximum Gasteiger partial charge on any atom is 0.176 e. The zero-order chi connectivity index (χ0) is 21.6. The summed E-state index contributed by atoms with van der Waals surface area (Å²) in [5.41, 5.74) is 4.41. The molecule has 5 rings (SSSR count). The molecule has 7 heteroatoms. The first-order chi connectivity index (χ1) is 15.1. The Hall–Kier alpha value is -3.50. The number of allylic oxidation sites excluding steroid dienone is 2. The number of nitrogens with zero attached hydrogens (tertiary/aromatic N) is 4. The van der Waals surface area contributed by atoms with Crippen LogP contribution in [0, 0.1) is 23.2 Å². The fourth-order valence-corrected chi connectivity index (χ4v) is 5.39. The molecule has 2 aliphatic carbocycles. The topological polar surface area (TPSA) is 108 Å². The maximum absolute atomic E-state index is 12.8. The first-order valence-electron chi connectivity index (χ1n) is 10.5. The Labute approximate surface area is 180 Å². The third-order valence-electron chi connectivity index (χ3n) is 6.83. The van der Waals surface area contributed by atoms with E-state index in [2.05, 4.69) is 28.4 Å². The summed E-state index contributed by atoms with van der Waals surface area (Å²) in [6.07, 6.45) is 7.14. The van der Waals surface area contributed by atoms with Gasteiger partial charge in [0.25, 0.3) is 0 Å². The van der Waals surface area contributed by atoms with Crippen molar-refractivity contribution < 1.29 is 9.90 Å². The molecule has 0 saturated carbocycles. The molecule has 0 spiro atoms. The highest BCUT2D eigenvalue weighted by atomic mass is 16.3. The summed E-state index contributed by atoms with van der Waals surface area (Å²) in [4.78, 5) is 12.8. The second-order valence-corrected chi connectivity index (χ2v) is 8.34. The van der Waals surface area contributed by atoms with Crippen LogP contribution in [0.15, 0.2) is 54.4 Å². The monoisotopic (exact) mass is 413 g/mol. The minimum atomic E-state index is -0.636. The molecule has 2 N–H and O–H groups in total. The number of aromatic amines is 1. The lowest BCUT2D eigenvalue weighted by atomic mass is 9.54. The van der Waals surface area contributed by atoms with Crippen LogP contribution in [0.25, 0.3) is 11.3 Å². The van der Waals surface area contributed by atoms with Crippen molar-refractivity contribution in [3.63, 3.8) is 0 Å². The van der Waals surface area contributed by atoms with E-state index in [1.807, 2.05) is 37.4 Å². The molecule has 2 aromatic heterocycles. The standard InChI is InChI=1S/C24H23N5O2/c1-15-20-8-7-19-21(17-13-26-29(14-17)9-10-30)27-28-23(19)24(20,11-16(12-25)22(15)31)18-5-3-2-4-6-18/h2-6,11,13-15,20,30H,7-10H2,1H3,(H,27,28)/t15-,20?,24+/m0/s1. The lowest BCUT2D eigenvalue weighted by Crippen LogP contribution is -2.48. The van der Waals surface area contributed by atoms with E-state index in [0.29, 0.717) is 6.54 Å². The SMILES string of the molecule is C[C@@H]1C(=O)C(C#N)=C[C@]2(c3ccccc3)c3n[nH]c(-c4cnn(CCO)c4)c3CCC12. The molecule has 2 heterocycles. The number of Topliss-reactive ketones (excluding diaryl/α,β-unsaturated/α-hetero) is 1. The maximum atomic E-state index is 12.8. The van der Waals surface area contributed by atoms with Gasteiger partial charge in [-0.15, -0.1) is 0 Å². The van der Waals surface area contributed by atoms with E-state index in [1.165, 1.54) is 0 Å². The number of fused-ring (bicyclic) bond motifs is 3. The number of rotatable bonds is 4. The lowest BCUT2D eigenvalue weighted by Gasteiger charge is -2.46. The van der Waals surface area contributed by atoms with Crippen LogP contribution < -0.4 is 0 Å². The summed E-state index contributed by atoms with van der Waals surface area (Å²) in [5, 5.41) is 31.2. The number of hydrogen-bond acceptors (Lipinski definition) is 5. The van der Waals surface area contributed by atoms with Crippen LogP contribution >= 0.6 is 0 Å². The summed E-state index contributed by atoms with van der Waals surface area (Å²) in [7, 11) is 0. The van der Waals surface area contributed by atoms with E-state index in [-0.39, 0.29) is 29.8 Å². The van der Waals surface area contributed by atoms with Crippen LogP contribution in [0.5, 0.6) is 0 Å². The van der Waals surface area contributed by atoms with E-state index in [9.17, 15) is 15.2 Å². The molecular formula is C24H23N5O2. The van der Waals surface area contributed by atoms with Crippen molar-refractivity contribution >= 4 is 5.78 Å². The molecule has 0 radical (unpaired) electrons. The molecule has 1 unspecified atom stereocenters. The van der Waals surface area contributed by atoms with Gasteiger partial charge in [-0.25, -0.2) is 0 Å². The Morgan fingerprint density at radius 2 is 2.16 bits per heavy atom. The minimum Gasteiger partial charge on any atom is -0.394 e. The molecule has 1 aromatic carbocycles. The Bertz CT molecular complexity index is 1220. The van der Waals surface area contributed by atoms with E-state index < -0.39 is 5.41 Å². The van der Waals surface area contributed by atoms with Gasteiger partial charge in [0.05, 0.1) is 41.7 Å².